The molecule has 3 heteroatoms. The van der Waals surface area contributed by atoms with Crippen LogP contribution in [0.4, 0.5) is 0 Å². The summed E-state index contributed by atoms with van der Waals surface area (Å²) in [6, 6.07) is 24.4. The van der Waals surface area contributed by atoms with Crippen LogP contribution in [0.5, 0.6) is 0 Å². The maximum Gasteiger partial charge on any atom is 0.0866 e. The minimum atomic E-state index is -0.706. The predicted molar refractivity (Wildman–Crippen MR) is 102 cm³/mol. The van der Waals surface area contributed by atoms with Gasteiger partial charge >= 0.3 is 0 Å². The van der Waals surface area contributed by atoms with E-state index in [-0.39, 0.29) is 5.92 Å². The van der Waals surface area contributed by atoms with Gasteiger partial charge in [0.15, 0.2) is 0 Å². The average Bonchev–Trinajstić information content (AvgIpc) is 2.67. The summed E-state index contributed by atoms with van der Waals surface area (Å²) in [5, 5.41) is 10.8. The van der Waals surface area contributed by atoms with Crippen LogP contribution in [0.1, 0.15) is 29.5 Å². The lowest BCUT2D eigenvalue weighted by Crippen LogP contribution is -2.30. The molecule has 3 rings (SSSR count). The number of hydrogen-bond donors (Lipinski definition) is 0. The zero-order valence-electron chi connectivity index (χ0n) is 14.1. The van der Waals surface area contributed by atoms with E-state index >= 15 is 0 Å². The standard InChI is InChI=1S/C22H19ClN2/c1-22(16-24,19-10-5-11-20(23)14-19)21(18-8-3-2-4-9-18)13-17-7-6-12-25-15-17/h2-12,14-15,21H,13H2,1H3. The third kappa shape index (κ3) is 3.73. The highest BCUT2D eigenvalue weighted by atomic mass is 35.5. The first-order valence-corrected chi connectivity index (χ1v) is 8.62. The van der Waals surface area contributed by atoms with Crippen LogP contribution in [0.25, 0.3) is 0 Å². The van der Waals surface area contributed by atoms with E-state index in [0.717, 1.165) is 23.1 Å². The second-order valence-electron chi connectivity index (χ2n) is 6.35. The highest BCUT2D eigenvalue weighted by Crippen LogP contribution is 2.41. The molecule has 25 heavy (non-hydrogen) atoms. The highest BCUT2D eigenvalue weighted by Gasteiger charge is 2.37. The lowest BCUT2D eigenvalue weighted by molar-refractivity contribution is 0.468. The Morgan fingerprint density at radius 3 is 2.52 bits per heavy atom. The first kappa shape index (κ1) is 17.2. The van der Waals surface area contributed by atoms with Crippen molar-refractivity contribution in [1.82, 2.24) is 4.98 Å². The fourth-order valence-electron chi connectivity index (χ4n) is 3.25. The molecule has 1 aromatic heterocycles. The third-order valence-corrected chi connectivity index (χ3v) is 4.95. The number of hydrogen-bond acceptors (Lipinski definition) is 2. The van der Waals surface area contributed by atoms with Crippen LogP contribution in [0.15, 0.2) is 79.1 Å². The second kappa shape index (κ2) is 7.51. The summed E-state index contributed by atoms with van der Waals surface area (Å²) >= 11 is 6.20. The number of nitriles is 1. The van der Waals surface area contributed by atoms with Gasteiger partial charge in [-0.1, -0.05) is 60.1 Å². The number of benzene rings is 2. The molecule has 0 spiro atoms. The molecule has 2 nitrogen and oxygen atoms in total. The van der Waals surface area contributed by atoms with Crippen molar-refractivity contribution in [3.63, 3.8) is 0 Å². The number of rotatable bonds is 5. The van der Waals surface area contributed by atoms with E-state index in [9.17, 15) is 5.26 Å². The van der Waals surface area contributed by atoms with Crippen molar-refractivity contribution in [2.24, 2.45) is 0 Å². The van der Waals surface area contributed by atoms with Gasteiger partial charge in [0.2, 0.25) is 0 Å². The van der Waals surface area contributed by atoms with Gasteiger partial charge < -0.3 is 0 Å². The summed E-state index contributed by atoms with van der Waals surface area (Å²) in [7, 11) is 0. The second-order valence-corrected chi connectivity index (χ2v) is 6.79. The molecule has 0 aliphatic carbocycles. The Labute approximate surface area is 153 Å². The molecule has 0 radical (unpaired) electrons. The fourth-order valence-corrected chi connectivity index (χ4v) is 3.44. The minimum Gasteiger partial charge on any atom is -0.264 e. The van der Waals surface area contributed by atoms with Crippen LogP contribution in [0.2, 0.25) is 5.02 Å². The van der Waals surface area contributed by atoms with Gasteiger partial charge in [-0.15, -0.1) is 0 Å². The number of aromatic nitrogens is 1. The molecule has 2 unspecified atom stereocenters. The number of pyridine rings is 1. The van der Waals surface area contributed by atoms with Crippen LogP contribution in [0.3, 0.4) is 0 Å². The van der Waals surface area contributed by atoms with Crippen molar-refractivity contribution >= 4 is 11.6 Å². The van der Waals surface area contributed by atoms with Crippen LogP contribution < -0.4 is 0 Å². The molecule has 0 N–H and O–H groups in total. The van der Waals surface area contributed by atoms with E-state index < -0.39 is 5.41 Å². The van der Waals surface area contributed by atoms with E-state index in [2.05, 4.69) is 29.3 Å². The average molecular weight is 347 g/mol. The predicted octanol–water partition coefficient (Wildman–Crippen LogP) is 5.54. The van der Waals surface area contributed by atoms with Gasteiger partial charge in [-0.05, 0) is 48.2 Å². The molecule has 3 aromatic rings. The molecule has 2 aromatic carbocycles. The quantitative estimate of drug-likeness (QED) is 0.608. The van der Waals surface area contributed by atoms with Gasteiger partial charge in [-0.2, -0.15) is 5.26 Å². The third-order valence-electron chi connectivity index (χ3n) is 4.72. The van der Waals surface area contributed by atoms with E-state index in [4.69, 9.17) is 11.6 Å². The van der Waals surface area contributed by atoms with Crippen molar-refractivity contribution in [3.05, 3.63) is 101 Å². The summed E-state index contributed by atoms with van der Waals surface area (Å²) < 4.78 is 0. The van der Waals surface area contributed by atoms with Gasteiger partial charge in [-0.25, -0.2) is 0 Å². The van der Waals surface area contributed by atoms with E-state index in [1.54, 1.807) is 6.20 Å². The molecular weight excluding hydrogens is 328 g/mol. The Kier molecular flexibility index (Phi) is 5.16. The van der Waals surface area contributed by atoms with Gasteiger partial charge in [0.1, 0.15) is 0 Å². The van der Waals surface area contributed by atoms with Gasteiger partial charge in [-0.3, -0.25) is 4.98 Å². The molecule has 0 aliphatic rings. The lowest BCUT2D eigenvalue weighted by atomic mass is 9.68. The normalized spacial score (nSPS) is 14.3. The van der Waals surface area contributed by atoms with Crippen molar-refractivity contribution in [1.29, 1.82) is 5.26 Å². The SMILES string of the molecule is CC(C#N)(c1cccc(Cl)c1)C(Cc1cccnc1)c1ccccc1. The number of halogens is 1. The number of nitrogens with zero attached hydrogens (tertiary/aromatic N) is 2. The topological polar surface area (TPSA) is 36.7 Å². The largest absolute Gasteiger partial charge is 0.264 e. The zero-order valence-corrected chi connectivity index (χ0v) is 14.8. The first-order valence-electron chi connectivity index (χ1n) is 8.24. The summed E-state index contributed by atoms with van der Waals surface area (Å²) in [5.74, 6) is -0.0126. The molecule has 0 saturated heterocycles. The molecule has 2 atom stereocenters. The Morgan fingerprint density at radius 2 is 1.88 bits per heavy atom. The summed E-state index contributed by atoms with van der Waals surface area (Å²) in [4.78, 5) is 4.22. The van der Waals surface area contributed by atoms with Crippen LogP contribution in [0, 0.1) is 11.3 Å². The molecule has 0 aliphatic heterocycles. The maximum absolute atomic E-state index is 10.1. The summed E-state index contributed by atoms with van der Waals surface area (Å²) in [6.45, 7) is 1.99. The van der Waals surface area contributed by atoms with Crippen LogP contribution >= 0.6 is 11.6 Å². The van der Waals surface area contributed by atoms with Gasteiger partial charge in [0, 0.05) is 23.3 Å². The monoisotopic (exact) mass is 346 g/mol. The van der Waals surface area contributed by atoms with E-state index in [1.807, 2.05) is 61.7 Å². The van der Waals surface area contributed by atoms with E-state index in [1.165, 1.54) is 0 Å². The van der Waals surface area contributed by atoms with Crippen molar-refractivity contribution in [2.75, 3.05) is 0 Å². The van der Waals surface area contributed by atoms with Crippen molar-refractivity contribution in [3.8, 4) is 6.07 Å². The van der Waals surface area contributed by atoms with Crippen molar-refractivity contribution < 1.29 is 0 Å². The molecule has 0 amide bonds. The first-order chi connectivity index (χ1) is 12.1. The smallest absolute Gasteiger partial charge is 0.0866 e. The van der Waals surface area contributed by atoms with Gasteiger partial charge in [0.25, 0.3) is 0 Å². The molecule has 124 valence electrons. The van der Waals surface area contributed by atoms with Crippen LogP contribution in [-0.4, -0.2) is 4.98 Å². The summed E-state index contributed by atoms with van der Waals surface area (Å²) in [5.41, 5.74) is 2.47. The molecular formula is C22H19ClN2. The van der Waals surface area contributed by atoms with Gasteiger partial charge in [0.05, 0.1) is 11.5 Å². The lowest BCUT2D eigenvalue weighted by Gasteiger charge is -2.33. The molecule has 0 fully saturated rings. The molecule has 0 saturated carbocycles. The Balaban J connectivity index is 2.10. The minimum absolute atomic E-state index is 0.0126. The molecule has 0 bridgehead atoms. The maximum atomic E-state index is 10.1. The summed E-state index contributed by atoms with van der Waals surface area (Å²) in [6.07, 6.45) is 4.36. The zero-order chi connectivity index (χ0) is 17.7. The van der Waals surface area contributed by atoms with E-state index in [0.29, 0.717) is 5.02 Å². The Hall–Kier alpha value is -2.63. The molecule has 1 heterocycles. The Bertz CT molecular complexity index is 871. The fraction of sp³-hybridized carbons (Fsp3) is 0.182. The Morgan fingerprint density at radius 1 is 1.08 bits per heavy atom. The van der Waals surface area contributed by atoms with Crippen LogP contribution in [-0.2, 0) is 11.8 Å². The van der Waals surface area contributed by atoms with Crippen molar-refractivity contribution in [2.45, 2.75) is 24.7 Å². The highest BCUT2D eigenvalue weighted by molar-refractivity contribution is 6.30.